The summed E-state index contributed by atoms with van der Waals surface area (Å²) in [6.07, 6.45) is 10.4. The molecule has 7 atom stereocenters. The number of amides is 1. The third-order valence-corrected chi connectivity index (χ3v) is 10.9. The lowest BCUT2D eigenvalue weighted by Gasteiger charge is -2.57. The standard InChI is InChI=1S/C31H42Cl2N2O4/c1-30-14-12-28(36)34-19-21(30)3-8-24-25-9-10-27(31(25,2)13-11-26(24)30)39-29(37)20-38-23-6-4-22(5-7-23)35(17-15-32)18-16-33/h4-7,12,14,21,24-27H,3,8-11,13,15-20H2,1-2H3,(H,34,36)/t21-,24+,25-,26-,27-,30-,31+/m0/s1. The zero-order chi connectivity index (χ0) is 27.6. The number of hydrogen-bond donors (Lipinski definition) is 1. The molecule has 1 aromatic carbocycles. The van der Waals surface area contributed by atoms with E-state index < -0.39 is 0 Å². The van der Waals surface area contributed by atoms with E-state index in [1.54, 1.807) is 6.08 Å². The molecule has 1 amide bonds. The van der Waals surface area contributed by atoms with Crippen LogP contribution >= 0.6 is 23.2 Å². The van der Waals surface area contributed by atoms with Crippen LogP contribution in [0, 0.1) is 34.5 Å². The monoisotopic (exact) mass is 576 g/mol. The molecule has 4 aliphatic rings. The summed E-state index contributed by atoms with van der Waals surface area (Å²) in [5.41, 5.74) is 1.07. The maximum atomic E-state index is 12.9. The molecule has 5 rings (SSSR count). The summed E-state index contributed by atoms with van der Waals surface area (Å²) in [6, 6.07) is 7.67. The molecule has 1 aliphatic heterocycles. The normalized spacial score (nSPS) is 35.2. The maximum absolute atomic E-state index is 12.9. The van der Waals surface area contributed by atoms with E-state index in [2.05, 4.69) is 30.1 Å². The molecule has 0 unspecified atom stereocenters. The fourth-order valence-corrected chi connectivity index (χ4v) is 8.81. The van der Waals surface area contributed by atoms with Crippen LogP contribution in [-0.4, -0.2) is 56.0 Å². The summed E-state index contributed by atoms with van der Waals surface area (Å²) in [5, 5.41) is 3.08. The second-order valence-electron chi connectivity index (χ2n) is 12.3. The number of nitrogens with one attached hydrogen (secondary N) is 1. The van der Waals surface area contributed by atoms with Crippen molar-refractivity contribution in [3.05, 3.63) is 36.4 Å². The van der Waals surface area contributed by atoms with E-state index in [-0.39, 0.29) is 35.4 Å². The molecule has 1 aromatic rings. The van der Waals surface area contributed by atoms with Crippen molar-refractivity contribution in [2.24, 2.45) is 34.5 Å². The van der Waals surface area contributed by atoms with Crippen molar-refractivity contribution in [1.29, 1.82) is 0 Å². The summed E-state index contributed by atoms with van der Waals surface area (Å²) in [6.45, 7) is 6.83. The molecule has 214 valence electrons. The Hall–Kier alpha value is -1.92. The number of carbonyl (C=O) groups is 2. The minimum Gasteiger partial charge on any atom is -0.482 e. The summed E-state index contributed by atoms with van der Waals surface area (Å²) in [7, 11) is 0. The highest BCUT2D eigenvalue weighted by Crippen LogP contribution is 2.64. The lowest BCUT2D eigenvalue weighted by Crippen LogP contribution is -2.53. The minimum atomic E-state index is -0.300. The predicted octanol–water partition coefficient (Wildman–Crippen LogP) is 5.81. The number of fused-ring (bicyclic) bond motifs is 5. The third-order valence-electron chi connectivity index (χ3n) is 10.5. The maximum Gasteiger partial charge on any atom is 0.344 e. The number of alkyl halides is 2. The van der Waals surface area contributed by atoms with Crippen molar-refractivity contribution in [1.82, 2.24) is 5.32 Å². The first-order valence-corrected chi connectivity index (χ1v) is 15.6. The molecule has 3 fully saturated rings. The topological polar surface area (TPSA) is 67.9 Å². The molecule has 0 saturated heterocycles. The number of esters is 1. The van der Waals surface area contributed by atoms with Crippen LogP contribution in [0.15, 0.2) is 36.4 Å². The number of allylic oxidation sites excluding steroid dienone is 1. The highest BCUT2D eigenvalue weighted by molar-refractivity contribution is 6.18. The molecule has 0 spiro atoms. The van der Waals surface area contributed by atoms with Crippen molar-refractivity contribution < 1.29 is 19.1 Å². The van der Waals surface area contributed by atoms with E-state index in [0.29, 0.717) is 41.2 Å². The molecule has 1 heterocycles. The first-order chi connectivity index (χ1) is 18.8. The number of benzene rings is 1. The van der Waals surface area contributed by atoms with Crippen molar-refractivity contribution >= 4 is 40.8 Å². The van der Waals surface area contributed by atoms with Gasteiger partial charge >= 0.3 is 5.97 Å². The molecule has 1 N–H and O–H groups in total. The smallest absolute Gasteiger partial charge is 0.344 e. The van der Waals surface area contributed by atoms with Crippen LogP contribution in [0.3, 0.4) is 0 Å². The predicted molar refractivity (Wildman–Crippen MR) is 155 cm³/mol. The van der Waals surface area contributed by atoms with E-state index >= 15 is 0 Å². The number of nitrogens with zero attached hydrogens (tertiary/aromatic N) is 1. The average Bonchev–Trinajstić information content (AvgIpc) is 3.17. The van der Waals surface area contributed by atoms with Crippen LogP contribution in [-0.2, 0) is 14.3 Å². The second-order valence-corrected chi connectivity index (χ2v) is 13.1. The third kappa shape index (κ3) is 5.66. The Morgan fingerprint density at radius 1 is 1.03 bits per heavy atom. The highest BCUT2D eigenvalue weighted by Gasteiger charge is 2.60. The number of halogens is 2. The van der Waals surface area contributed by atoms with Gasteiger partial charge in [0.25, 0.3) is 0 Å². The van der Waals surface area contributed by atoms with Crippen LogP contribution in [0.1, 0.15) is 52.4 Å². The Morgan fingerprint density at radius 2 is 1.77 bits per heavy atom. The Labute approximate surface area is 242 Å². The number of ether oxygens (including phenoxy) is 2. The number of hydrogen-bond acceptors (Lipinski definition) is 5. The van der Waals surface area contributed by atoms with Crippen LogP contribution in [0.4, 0.5) is 5.69 Å². The van der Waals surface area contributed by atoms with E-state index in [9.17, 15) is 9.59 Å². The molecule has 3 aliphatic carbocycles. The van der Waals surface area contributed by atoms with Crippen LogP contribution in [0.25, 0.3) is 0 Å². The number of carbonyl (C=O) groups excluding carboxylic acids is 2. The van der Waals surface area contributed by atoms with Gasteiger partial charge in [0, 0.05) is 42.5 Å². The van der Waals surface area contributed by atoms with E-state index in [1.165, 1.54) is 6.42 Å². The molecular formula is C31H42Cl2N2O4. The summed E-state index contributed by atoms with van der Waals surface area (Å²) in [5.74, 6) is 3.65. The fourth-order valence-electron chi connectivity index (χ4n) is 8.40. The van der Waals surface area contributed by atoms with Crippen LogP contribution in [0.2, 0.25) is 0 Å². The molecule has 8 heteroatoms. The van der Waals surface area contributed by atoms with Gasteiger partial charge in [-0.3, -0.25) is 4.79 Å². The van der Waals surface area contributed by atoms with Gasteiger partial charge in [-0.2, -0.15) is 0 Å². The summed E-state index contributed by atoms with van der Waals surface area (Å²) < 4.78 is 11.9. The molecule has 0 aromatic heterocycles. The van der Waals surface area contributed by atoms with Gasteiger partial charge in [-0.25, -0.2) is 4.79 Å². The first-order valence-electron chi connectivity index (χ1n) is 14.5. The van der Waals surface area contributed by atoms with Crippen molar-refractivity contribution in [3.63, 3.8) is 0 Å². The van der Waals surface area contributed by atoms with Gasteiger partial charge in [0.15, 0.2) is 6.61 Å². The van der Waals surface area contributed by atoms with Crippen molar-refractivity contribution in [2.45, 2.75) is 58.5 Å². The molecule has 0 radical (unpaired) electrons. The van der Waals surface area contributed by atoms with Crippen molar-refractivity contribution in [3.8, 4) is 5.75 Å². The lowest BCUT2D eigenvalue weighted by atomic mass is 9.47. The molecule has 6 nitrogen and oxygen atoms in total. The Kier molecular flexibility index (Phi) is 8.73. The van der Waals surface area contributed by atoms with Gasteiger partial charge in [-0.05, 0) is 98.0 Å². The van der Waals surface area contributed by atoms with Crippen molar-refractivity contribution in [2.75, 3.05) is 42.9 Å². The van der Waals surface area contributed by atoms with E-state index in [1.807, 2.05) is 24.3 Å². The van der Waals surface area contributed by atoms with Gasteiger partial charge < -0.3 is 19.7 Å². The summed E-state index contributed by atoms with van der Waals surface area (Å²) >= 11 is 11.8. The van der Waals surface area contributed by atoms with Gasteiger partial charge in [-0.1, -0.05) is 19.9 Å². The summed E-state index contributed by atoms with van der Waals surface area (Å²) in [4.78, 5) is 27.1. The van der Waals surface area contributed by atoms with E-state index in [0.717, 1.165) is 57.4 Å². The first kappa shape index (κ1) is 28.6. The van der Waals surface area contributed by atoms with Crippen LogP contribution in [0.5, 0.6) is 5.75 Å². The zero-order valence-corrected chi connectivity index (χ0v) is 24.7. The number of rotatable bonds is 9. The van der Waals surface area contributed by atoms with Gasteiger partial charge in [0.1, 0.15) is 11.9 Å². The Morgan fingerprint density at radius 3 is 2.49 bits per heavy atom. The second kappa shape index (κ2) is 11.9. The highest BCUT2D eigenvalue weighted by atomic mass is 35.5. The molecule has 3 saturated carbocycles. The zero-order valence-electron chi connectivity index (χ0n) is 23.2. The molecular weight excluding hydrogens is 535 g/mol. The van der Waals surface area contributed by atoms with Gasteiger partial charge in [-0.15, -0.1) is 23.2 Å². The Bertz CT molecular complexity index is 1060. The average molecular weight is 578 g/mol. The van der Waals surface area contributed by atoms with Gasteiger partial charge in [0.05, 0.1) is 0 Å². The van der Waals surface area contributed by atoms with Gasteiger partial charge in [0.2, 0.25) is 5.91 Å². The SMILES string of the molecule is C[C@]12C=CC(=O)NC[C@@H]1CC[C@H]1[C@@H]2CC[C@@]2(C)[C@@H](OC(=O)COc3ccc(N(CCCl)CCCl)cc3)CC[C@@H]12. The lowest BCUT2D eigenvalue weighted by molar-refractivity contribution is -0.163. The quantitative estimate of drug-likeness (QED) is 0.297. The van der Waals surface area contributed by atoms with E-state index in [4.69, 9.17) is 32.7 Å². The van der Waals surface area contributed by atoms with Crippen LogP contribution < -0.4 is 15.0 Å². The minimum absolute atomic E-state index is 0.00150. The molecule has 39 heavy (non-hydrogen) atoms. The molecule has 0 bridgehead atoms. The fraction of sp³-hybridized carbons (Fsp3) is 0.677. The Balaban J connectivity index is 1.18. The largest absolute Gasteiger partial charge is 0.482 e. The number of anilines is 1.